The predicted octanol–water partition coefficient (Wildman–Crippen LogP) is 2.73. The van der Waals surface area contributed by atoms with E-state index < -0.39 is 0 Å². The van der Waals surface area contributed by atoms with Crippen LogP contribution >= 0.6 is 0 Å². The van der Waals surface area contributed by atoms with Gasteiger partial charge < -0.3 is 10.5 Å². The molecule has 0 spiro atoms. The van der Waals surface area contributed by atoms with Crippen molar-refractivity contribution in [3.8, 4) is 11.6 Å². The van der Waals surface area contributed by atoms with Crippen LogP contribution in [-0.4, -0.2) is 9.97 Å². The van der Waals surface area contributed by atoms with Gasteiger partial charge in [-0.1, -0.05) is 6.07 Å². The highest BCUT2D eigenvalue weighted by Crippen LogP contribution is 2.27. The van der Waals surface area contributed by atoms with Crippen LogP contribution < -0.4 is 10.5 Å². The number of anilines is 1. The number of aromatic nitrogens is 2. The van der Waals surface area contributed by atoms with E-state index in [0.29, 0.717) is 11.7 Å². The van der Waals surface area contributed by atoms with Gasteiger partial charge in [-0.3, -0.25) is 0 Å². The highest BCUT2D eigenvalue weighted by Gasteiger charge is 2.10. The number of hydrogen-bond acceptors (Lipinski definition) is 4. The standard InChI is InChI=1S/C14H15N3O/c15-13-8-14(17-9-16-13)18-12-6-5-10-3-1-2-4-11(10)7-12/h5-9H,1-4H2,(H2,15,16,17). The van der Waals surface area contributed by atoms with E-state index in [1.807, 2.05) is 6.07 Å². The van der Waals surface area contributed by atoms with Crippen molar-refractivity contribution in [1.29, 1.82) is 0 Å². The Morgan fingerprint density at radius 3 is 2.67 bits per heavy atom. The molecule has 1 aliphatic rings. The lowest BCUT2D eigenvalue weighted by Crippen LogP contribution is -2.02. The van der Waals surface area contributed by atoms with Crippen molar-refractivity contribution < 1.29 is 4.74 Å². The molecule has 92 valence electrons. The van der Waals surface area contributed by atoms with Crippen molar-refractivity contribution in [1.82, 2.24) is 9.97 Å². The molecule has 1 aliphatic carbocycles. The summed E-state index contributed by atoms with van der Waals surface area (Å²) in [7, 11) is 0. The van der Waals surface area contributed by atoms with Crippen molar-refractivity contribution in [2.45, 2.75) is 25.7 Å². The van der Waals surface area contributed by atoms with E-state index in [1.54, 1.807) is 6.07 Å². The first-order valence-corrected chi connectivity index (χ1v) is 6.18. The van der Waals surface area contributed by atoms with E-state index in [-0.39, 0.29) is 0 Å². The largest absolute Gasteiger partial charge is 0.439 e. The number of fused-ring (bicyclic) bond motifs is 1. The summed E-state index contributed by atoms with van der Waals surface area (Å²) >= 11 is 0. The monoisotopic (exact) mass is 241 g/mol. The lowest BCUT2D eigenvalue weighted by atomic mass is 9.92. The van der Waals surface area contributed by atoms with E-state index in [1.165, 1.54) is 36.7 Å². The number of nitrogens with zero attached hydrogens (tertiary/aromatic N) is 2. The molecule has 3 rings (SSSR count). The molecular formula is C14H15N3O. The quantitative estimate of drug-likeness (QED) is 0.878. The fourth-order valence-electron chi connectivity index (χ4n) is 2.30. The molecular weight excluding hydrogens is 226 g/mol. The van der Waals surface area contributed by atoms with Crippen LogP contribution in [0.4, 0.5) is 5.82 Å². The maximum absolute atomic E-state index is 5.69. The summed E-state index contributed by atoms with van der Waals surface area (Å²) < 4.78 is 5.69. The van der Waals surface area contributed by atoms with Crippen LogP contribution in [0.2, 0.25) is 0 Å². The van der Waals surface area contributed by atoms with Crippen LogP contribution in [0.25, 0.3) is 0 Å². The Hall–Kier alpha value is -2.10. The van der Waals surface area contributed by atoms with Crippen LogP contribution in [0.15, 0.2) is 30.6 Å². The van der Waals surface area contributed by atoms with Gasteiger partial charge in [0.2, 0.25) is 5.88 Å². The number of rotatable bonds is 2. The molecule has 1 aromatic heterocycles. The molecule has 0 radical (unpaired) electrons. The minimum Gasteiger partial charge on any atom is -0.439 e. The van der Waals surface area contributed by atoms with Gasteiger partial charge in [0.25, 0.3) is 0 Å². The Labute approximate surface area is 106 Å². The topological polar surface area (TPSA) is 61.0 Å². The molecule has 0 saturated heterocycles. The van der Waals surface area contributed by atoms with Crippen molar-refractivity contribution >= 4 is 5.82 Å². The molecule has 0 saturated carbocycles. The van der Waals surface area contributed by atoms with Crippen molar-refractivity contribution in [3.63, 3.8) is 0 Å². The van der Waals surface area contributed by atoms with Crippen molar-refractivity contribution in [3.05, 3.63) is 41.7 Å². The molecule has 0 unspecified atom stereocenters. The van der Waals surface area contributed by atoms with Gasteiger partial charge >= 0.3 is 0 Å². The Balaban J connectivity index is 1.85. The van der Waals surface area contributed by atoms with Gasteiger partial charge in [-0.05, 0) is 48.9 Å². The van der Waals surface area contributed by atoms with Gasteiger partial charge in [-0.15, -0.1) is 0 Å². The summed E-state index contributed by atoms with van der Waals surface area (Å²) in [5.74, 6) is 1.71. The maximum Gasteiger partial charge on any atom is 0.224 e. The molecule has 0 fully saturated rings. The average Bonchev–Trinajstić information content (AvgIpc) is 2.39. The molecule has 4 heteroatoms. The van der Waals surface area contributed by atoms with Gasteiger partial charge in [0.1, 0.15) is 17.9 Å². The number of hydrogen-bond donors (Lipinski definition) is 1. The summed E-state index contributed by atoms with van der Waals surface area (Å²) in [6.45, 7) is 0. The van der Waals surface area contributed by atoms with Crippen LogP contribution in [0.5, 0.6) is 11.6 Å². The molecule has 1 heterocycles. The molecule has 0 aliphatic heterocycles. The van der Waals surface area contributed by atoms with Crippen LogP contribution in [-0.2, 0) is 12.8 Å². The molecule has 2 N–H and O–H groups in total. The first-order chi connectivity index (χ1) is 8.81. The predicted molar refractivity (Wildman–Crippen MR) is 69.6 cm³/mol. The molecule has 0 bridgehead atoms. The Bertz CT molecular complexity index is 569. The number of aryl methyl sites for hydroxylation is 2. The van der Waals surface area contributed by atoms with Crippen LogP contribution in [0, 0.1) is 0 Å². The van der Waals surface area contributed by atoms with Crippen LogP contribution in [0.1, 0.15) is 24.0 Å². The van der Waals surface area contributed by atoms with Crippen molar-refractivity contribution in [2.75, 3.05) is 5.73 Å². The van der Waals surface area contributed by atoms with Gasteiger partial charge in [0.15, 0.2) is 0 Å². The molecule has 4 nitrogen and oxygen atoms in total. The average molecular weight is 241 g/mol. The third-order valence-electron chi connectivity index (χ3n) is 3.21. The zero-order chi connectivity index (χ0) is 12.4. The normalized spacial score (nSPS) is 14.0. The number of nitrogen functional groups attached to an aromatic ring is 1. The number of ether oxygens (including phenoxy) is 1. The fraction of sp³-hybridized carbons (Fsp3) is 0.286. The molecule has 1 aromatic carbocycles. The van der Waals surface area contributed by atoms with Gasteiger partial charge in [0, 0.05) is 6.07 Å². The highest BCUT2D eigenvalue weighted by molar-refractivity contribution is 5.40. The maximum atomic E-state index is 5.69. The zero-order valence-corrected chi connectivity index (χ0v) is 10.1. The second-order valence-corrected chi connectivity index (χ2v) is 4.52. The molecule has 18 heavy (non-hydrogen) atoms. The van der Waals surface area contributed by atoms with Crippen molar-refractivity contribution in [2.24, 2.45) is 0 Å². The summed E-state index contributed by atoms with van der Waals surface area (Å²) in [5.41, 5.74) is 8.42. The number of benzene rings is 1. The Morgan fingerprint density at radius 1 is 1.00 bits per heavy atom. The third-order valence-corrected chi connectivity index (χ3v) is 3.21. The Morgan fingerprint density at radius 2 is 1.83 bits per heavy atom. The van der Waals surface area contributed by atoms with Gasteiger partial charge in [-0.2, -0.15) is 0 Å². The minimum absolute atomic E-state index is 0.415. The van der Waals surface area contributed by atoms with Gasteiger partial charge in [-0.25, -0.2) is 9.97 Å². The first kappa shape index (κ1) is 11.0. The summed E-state index contributed by atoms with van der Waals surface area (Å²) in [4.78, 5) is 7.87. The lowest BCUT2D eigenvalue weighted by molar-refractivity contribution is 0.460. The van der Waals surface area contributed by atoms with E-state index in [0.717, 1.165) is 12.2 Å². The smallest absolute Gasteiger partial charge is 0.224 e. The minimum atomic E-state index is 0.415. The highest BCUT2D eigenvalue weighted by atomic mass is 16.5. The first-order valence-electron chi connectivity index (χ1n) is 6.18. The number of nitrogens with two attached hydrogens (primary N) is 1. The van der Waals surface area contributed by atoms with E-state index in [9.17, 15) is 0 Å². The third kappa shape index (κ3) is 2.27. The summed E-state index contributed by atoms with van der Waals surface area (Å²) in [6, 6.07) is 7.86. The summed E-state index contributed by atoms with van der Waals surface area (Å²) in [5, 5.41) is 0. The van der Waals surface area contributed by atoms with Gasteiger partial charge in [0.05, 0.1) is 0 Å². The molecule has 0 atom stereocenters. The zero-order valence-electron chi connectivity index (χ0n) is 10.1. The van der Waals surface area contributed by atoms with Crippen LogP contribution in [0.3, 0.4) is 0 Å². The molecule has 0 amide bonds. The lowest BCUT2D eigenvalue weighted by Gasteiger charge is -2.16. The van der Waals surface area contributed by atoms with E-state index >= 15 is 0 Å². The second-order valence-electron chi connectivity index (χ2n) is 4.52. The fourth-order valence-corrected chi connectivity index (χ4v) is 2.30. The second kappa shape index (κ2) is 4.64. The SMILES string of the molecule is Nc1cc(Oc2ccc3c(c2)CCCC3)ncn1. The molecule has 2 aromatic rings. The summed E-state index contributed by atoms with van der Waals surface area (Å²) in [6.07, 6.45) is 6.27. The van der Waals surface area contributed by atoms with E-state index in [4.69, 9.17) is 10.5 Å². The van der Waals surface area contributed by atoms with E-state index in [2.05, 4.69) is 22.1 Å². The Kier molecular flexibility index (Phi) is 2.84.